The van der Waals surface area contributed by atoms with Crippen LogP contribution >= 0.6 is 0 Å². The van der Waals surface area contributed by atoms with Gasteiger partial charge in [0.15, 0.2) is 0 Å². The number of primary amides is 1. The number of hydrogen-bond donors (Lipinski definition) is 2. The molecule has 0 fully saturated rings. The molecular formula is C25H33N3O2. The Morgan fingerprint density at radius 3 is 2.40 bits per heavy atom. The lowest BCUT2D eigenvalue weighted by Crippen LogP contribution is -2.24. The van der Waals surface area contributed by atoms with Gasteiger partial charge in [0.1, 0.15) is 5.75 Å². The normalized spacial score (nSPS) is 9.93. The van der Waals surface area contributed by atoms with Gasteiger partial charge in [-0.3, -0.25) is 9.69 Å². The molecule has 0 saturated carbocycles. The Hall–Kier alpha value is -3.23. The number of aryl methyl sites for hydroxylation is 1. The first-order valence-electron chi connectivity index (χ1n) is 10.0. The molecule has 5 heteroatoms. The van der Waals surface area contributed by atoms with Gasteiger partial charge in [0, 0.05) is 36.1 Å². The van der Waals surface area contributed by atoms with E-state index in [2.05, 4.69) is 78.0 Å². The largest absolute Gasteiger partial charge is 0.496 e. The third-order valence-electron chi connectivity index (χ3n) is 4.63. The van der Waals surface area contributed by atoms with Crippen molar-refractivity contribution >= 4 is 16.8 Å². The third-order valence-corrected chi connectivity index (χ3v) is 4.63. The van der Waals surface area contributed by atoms with E-state index in [0.29, 0.717) is 0 Å². The molecule has 0 saturated heterocycles. The minimum Gasteiger partial charge on any atom is -0.496 e. The lowest BCUT2D eigenvalue weighted by atomic mass is 10.1. The van der Waals surface area contributed by atoms with Gasteiger partial charge in [0.05, 0.1) is 7.11 Å². The van der Waals surface area contributed by atoms with Crippen LogP contribution in [0.2, 0.25) is 0 Å². The molecule has 0 radical (unpaired) electrons. The summed E-state index contributed by atoms with van der Waals surface area (Å²) in [6.07, 6.45) is 12.4. The Kier molecular flexibility index (Phi) is 11.5. The number of aromatic nitrogens is 1. The molecule has 0 atom stereocenters. The molecule has 0 aliphatic rings. The van der Waals surface area contributed by atoms with Crippen LogP contribution in [0.15, 0.2) is 54.7 Å². The van der Waals surface area contributed by atoms with Crippen molar-refractivity contribution < 1.29 is 9.53 Å². The smallest absolute Gasteiger partial charge is 0.214 e. The SMILES string of the molecule is C#C.CC(N)=O.CCN(CCCc1c[nH]c2ccccc12)Cc1ccccc1OC. The number of fused-ring (bicyclic) bond motifs is 1. The first-order chi connectivity index (χ1) is 14.5. The zero-order valence-corrected chi connectivity index (χ0v) is 18.2. The van der Waals surface area contributed by atoms with E-state index in [9.17, 15) is 4.79 Å². The van der Waals surface area contributed by atoms with Crippen LogP contribution in [0.1, 0.15) is 31.4 Å². The summed E-state index contributed by atoms with van der Waals surface area (Å²) >= 11 is 0. The molecule has 160 valence electrons. The van der Waals surface area contributed by atoms with Gasteiger partial charge in [-0.2, -0.15) is 0 Å². The monoisotopic (exact) mass is 407 g/mol. The molecule has 0 aliphatic carbocycles. The van der Waals surface area contributed by atoms with Gasteiger partial charge in [-0.25, -0.2) is 0 Å². The second-order valence-electron chi connectivity index (χ2n) is 6.75. The Morgan fingerprint density at radius 2 is 1.73 bits per heavy atom. The van der Waals surface area contributed by atoms with Crippen LogP contribution in [-0.2, 0) is 17.8 Å². The Bertz CT molecular complexity index is 911. The second-order valence-corrected chi connectivity index (χ2v) is 6.75. The Labute approximate surface area is 180 Å². The number of aromatic amines is 1. The molecule has 1 amide bonds. The molecule has 3 aromatic rings. The number of ether oxygens (including phenoxy) is 1. The van der Waals surface area contributed by atoms with E-state index in [0.717, 1.165) is 38.2 Å². The van der Waals surface area contributed by atoms with Gasteiger partial charge in [0.25, 0.3) is 0 Å². The Morgan fingerprint density at radius 1 is 1.10 bits per heavy atom. The number of amides is 1. The number of carbonyl (C=O) groups excluding carboxylic acids is 1. The molecule has 3 N–H and O–H groups in total. The summed E-state index contributed by atoms with van der Waals surface area (Å²) in [7, 11) is 1.74. The van der Waals surface area contributed by atoms with Gasteiger partial charge < -0.3 is 15.5 Å². The molecule has 1 aromatic heterocycles. The van der Waals surface area contributed by atoms with Crippen molar-refractivity contribution in [1.82, 2.24) is 9.88 Å². The van der Waals surface area contributed by atoms with E-state index in [1.54, 1.807) is 7.11 Å². The number of para-hydroxylation sites is 2. The number of rotatable bonds is 8. The van der Waals surface area contributed by atoms with Gasteiger partial charge in [0.2, 0.25) is 5.91 Å². The molecule has 0 unspecified atom stereocenters. The van der Waals surface area contributed by atoms with Gasteiger partial charge in [-0.1, -0.05) is 43.3 Å². The van der Waals surface area contributed by atoms with Crippen molar-refractivity contribution in [3.63, 3.8) is 0 Å². The maximum atomic E-state index is 9.22. The number of H-pyrrole nitrogens is 1. The van der Waals surface area contributed by atoms with Crippen LogP contribution in [-0.4, -0.2) is 36.0 Å². The van der Waals surface area contributed by atoms with E-state index < -0.39 is 0 Å². The number of terminal acetylenes is 1. The highest BCUT2D eigenvalue weighted by atomic mass is 16.5. The van der Waals surface area contributed by atoms with Crippen LogP contribution in [0.4, 0.5) is 0 Å². The lowest BCUT2D eigenvalue weighted by Gasteiger charge is -2.21. The summed E-state index contributed by atoms with van der Waals surface area (Å²) < 4.78 is 5.47. The predicted molar refractivity (Wildman–Crippen MR) is 125 cm³/mol. The number of methoxy groups -OCH3 is 1. The van der Waals surface area contributed by atoms with Gasteiger partial charge >= 0.3 is 0 Å². The minimum atomic E-state index is -0.333. The Balaban J connectivity index is 0.000000673. The maximum absolute atomic E-state index is 9.22. The average molecular weight is 408 g/mol. The summed E-state index contributed by atoms with van der Waals surface area (Å²) in [4.78, 5) is 15.1. The molecule has 0 bridgehead atoms. The highest BCUT2D eigenvalue weighted by Crippen LogP contribution is 2.21. The molecular weight excluding hydrogens is 374 g/mol. The van der Waals surface area contributed by atoms with Gasteiger partial charge in [-0.15, -0.1) is 12.8 Å². The van der Waals surface area contributed by atoms with Crippen molar-refractivity contribution in [2.75, 3.05) is 20.2 Å². The second kappa shape index (κ2) is 13.9. The number of benzene rings is 2. The van der Waals surface area contributed by atoms with Crippen LogP contribution in [0.25, 0.3) is 10.9 Å². The summed E-state index contributed by atoms with van der Waals surface area (Å²) in [5.74, 6) is 0.646. The third kappa shape index (κ3) is 8.02. The molecule has 2 aromatic carbocycles. The minimum absolute atomic E-state index is 0.333. The highest BCUT2D eigenvalue weighted by Gasteiger charge is 2.09. The predicted octanol–water partition coefficient (Wildman–Crippen LogP) is 4.37. The van der Waals surface area contributed by atoms with E-state index in [4.69, 9.17) is 4.74 Å². The summed E-state index contributed by atoms with van der Waals surface area (Å²) in [6.45, 7) is 6.61. The van der Waals surface area contributed by atoms with Crippen molar-refractivity contribution in [2.24, 2.45) is 5.73 Å². The van der Waals surface area contributed by atoms with Crippen LogP contribution in [0, 0.1) is 12.8 Å². The van der Waals surface area contributed by atoms with Crippen molar-refractivity contribution in [1.29, 1.82) is 0 Å². The first kappa shape index (κ1) is 24.8. The zero-order valence-electron chi connectivity index (χ0n) is 18.2. The maximum Gasteiger partial charge on any atom is 0.214 e. The van der Waals surface area contributed by atoms with Crippen molar-refractivity contribution in [2.45, 2.75) is 33.2 Å². The highest BCUT2D eigenvalue weighted by molar-refractivity contribution is 5.83. The topological polar surface area (TPSA) is 71.4 Å². The van der Waals surface area contributed by atoms with E-state index >= 15 is 0 Å². The van der Waals surface area contributed by atoms with Crippen molar-refractivity contribution in [3.05, 3.63) is 65.9 Å². The fraction of sp³-hybridized carbons (Fsp3) is 0.320. The molecule has 30 heavy (non-hydrogen) atoms. The average Bonchev–Trinajstić information content (AvgIpc) is 3.17. The standard InChI is InChI=1S/C21H26N2O.C2H5NO.C2H2/c1-3-23(16-18-9-4-7-13-21(18)24-2)14-8-10-17-15-22-20-12-6-5-11-19(17)20;1-2(3)4;1-2/h4-7,9,11-13,15,22H,3,8,10,14,16H2,1-2H3;1H3,(H2,3,4);1-2H. The van der Waals surface area contributed by atoms with Crippen molar-refractivity contribution in [3.8, 4) is 18.6 Å². The number of nitrogens with one attached hydrogen (secondary N) is 1. The summed E-state index contributed by atoms with van der Waals surface area (Å²) in [5, 5.41) is 1.35. The van der Waals surface area contributed by atoms with Crippen LogP contribution in [0.3, 0.4) is 0 Å². The molecule has 0 spiro atoms. The summed E-state index contributed by atoms with van der Waals surface area (Å²) in [5.41, 5.74) is 8.38. The fourth-order valence-electron chi connectivity index (χ4n) is 3.26. The van der Waals surface area contributed by atoms with E-state index in [-0.39, 0.29) is 5.91 Å². The van der Waals surface area contributed by atoms with E-state index in [1.165, 1.54) is 29.0 Å². The number of nitrogens with two attached hydrogens (primary N) is 1. The molecule has 5 nitrogen and oxygen atoms in total. The molecule has 3 rings (SSSR count). The number of nitrogens with zero attached hydrogens (tertiary/aromatic N) is 1. The summed E-state index contributed by atoms with van der Waals surface area (Å²) in [6, 6.07) is 16.8. The first-order valence-corrected chi connectivity index (χ1v) is 10.0. The lowest BCUT2D eigenvalue weighted by molar-refractivity contribution is -0.115. The van der Waals surface area contributed by atoms with Crippen LogP contribution < -0.4 is 10.5 Å². The van der Waals surface area contributed by atoms with E-state index in [1.807, 2.05) is 12.1 Å². The zero-order chi connectivity index (χ0) is 22.4. The van der Waals surface area contributed by atoms with Gasteiger partial charge in [-0.05, 0) is 43.6 Å². The number of hydrogen-bond acceptors (Lipinski definition) is 3. The van der Waals surface area contributed by atoms with Crippen LogP contribution in [0.5, 0.6) is 5.75 Å². The molecule has 1 heterocycles. The number of carbonyl (C=O) groups is 1. The quantitative estimate of drug-likeness (QED) is 0.545. The molecule has 0 aliphatic heterocycles. The fourth-order valence-corrected chi connectivity index (χ4v) is 3.26.